The molecule has 2 heterocycles. The zero-order chi connectivity index (χ0) is 18.8. The maximum atomic E-state index is 10.3. The first-order valence-electron chi connectivity index (χ1n) is 9.38. The van der Waals surface area contributed by atoms with E-state index in [1.165, 1.54) is 0 Å². The summed E-state index contributed by atoms with van der Waals surface area (Å²) in [5.41, 5.74) is 3.74. The second-order valence-corrected chi connectivity index (χ2v) is 7.23. The molecule has 0 saturated carbocycles. The molecule has 0 spiro atoms. The average Bonchev–Trinajstić information content (AvgIpc) is 2.69. The molecule has 0 aliphatic carbocycles. The molecule has 0 amide bonds. The van der Waals surface area contributed by atoms with E-state index in [0.29, 0.717) is 25.9 Å². The molecule has 4 N–H and O–H groups in total. The number of rotatable bonds is 4. The largest absolute Gasteiger partial charge is 0.508 e. The van der Waals surface area contributed by atoms with Gasteiger partial charge in [-0.2, -0.15) is 0 Å². The minimum Gasteiger partial charge on any atom is -0.508 e. The van der Waals surface area contributed by atoms with Crippen molar-refractivity contribution >= 4 is 5.69 Å². The van der Waals surface area contributed by atoms with Gasteiger partial charge < -0.3 is 30.1 Å². The highest BCUT2D eigenvalue weighted by Gasteiger charge is 2.29. The summed E-state index contributed by atoms with van der Waals surface area (Å²) >= 11 is 0. The molecule has 27 heavy (non-hydrogen) atoms. The van der Waals surface area contributed by atoms with Gasteiger partial charge >= 0.3 is 0 Å². The number of phenolic OH excluding ortho intramolecular Hbond substituents is 1. The Labute approximate surface area is 158 Å². The van der Waals surface area contributed by atoms with Gasteiger partial charge in [0, 0.05) is 25.8 Å². The van der Waals surface area contributed by atoms with Gasteiger partial charge in [-0.05, 0) is 41.0 Å². The van der Waals surface area contributed by atoms with Gasteiger partial charge in [0.05, 0.1) is 30.6 Å². The van der Waals surface area contributed by atoms with Crippen LogP contribution in [0.5, 0.6) is 11.5 Å². The van der Waals surface area contributed by atoms with E-state index < -0.39 is 6.10 Å². The Hall–Kier alpha value is -2.28. The molecule has 6 heteroatoms. The molecule has 1 fully saturated rings. The van der Waals surface area contributed by atoms with Gasteiger partial charge in [-0.15, -0.1) is 0 Å². The van der Waals surface area contributed by atoms with Gasteiger partial charge in [-0.3, -0.25) is 0 Å². The molecule has 0 aromatic heterocycles. The van der Waals surface area contributed by atoms with E-state index in [1.54, 1.807) is 6.07 Å². The normalized spacial score (nSPS) is 24.6. The maximum Gasteiger partial charge on any atom is 0.142 e. The SMILES string of the molecule is OCC1CC(O)CC(c2ccc(O)c(Cc3ccc4c(c3)NCCO4)c2)O1. The lowest BCUT2D eigenvalue weighted by Crippen LogP contribution is -2.33. The lowest BCUT2D eigenvalue weighted by Gasteiger charge is -2.32. The molecule has 2 aromatic rings. The molecule has 3 unspecified atom stereocenters. The summed E-state index contributed by atoms with van der Waals surface area (Å²) in [6.45, 7) is 1.34. The van der Waals surface area contributed by atoms with Gasteiger partial charge in [0.15, 0.2) is 0 Å². The molecule has 2 aliphatic rings. The number of nitrogens with one attached hydrogen (secondary N) is 1. The van der Waals surface area contributed by atoms with Crippen molar-refractivity contribution in [1.82, 2.24) is 0 Å². The van der Waals surface area contributed by atoms with Gasteiger partial charge in [0.2, 0.25) is 0 Å². The van der Waals surface area contributed by atoms with Crippen LogP contribution in [0.4, 0.5) is 5.69 Å². The van der Waals surface area contributed by atoms with Crippen molar-refractivity contribution in [2.24, 2.45) is 0 Å². The highest BCUT2D eigenvalue weighted by molar-refractivity contribution is 5.60. The first kappa shape index (κ1) is 18.1. The number of aliphatic hydroxyl groups excluding tert-OH is 2. The molecule has 1 saturated heterocycles. The summed E-state index contributed by atoms with van der Waals surface area (Å²) in [6, 6.07) is 11.4. The van der Waals surface area contributed by atoms with E-state index >= 15 is 0 Å². The Balaban J connectivity index is 1.56. The molecular weight excluding hydrogens is 346 g/mol. The molecular formula is C21H25NO5. The number of hydrogen-bond acceptors (Lipinski definition) is 6. The summed E-state index contributed by atoms with van der Waals surface area (Å²) < 4.78 is 11.5. The number of aliphatic hydroxyl groups is 2. The number of phenols is 1. The van der Waals surface area contributed by atoms with E-state index in [-0.39, 0.29) is 24.6 Å². The predicted molar refractivity (Wildman–Crippen MR) is 101 cm³/mol. The van der Waals surface area contributed by atoms with E-state index in [2.05, 4.69) is 5.32 Å². The lowest BCUT2D eigenvalue weighted by atomic mass is 9.93. The lowest BCUT2D eigenvalue weighted by molar-refractivity contribution is -0.113. The number of benzene rings is 2. The van der Waals surface area contributed by atoms with E-state index in [0.717, 1.165) is 34.7 Å². The third-order valence-electron chi connectivity index (χ3n) is 5.17. The maximum absolute atomic E-state index is 10.3. The minimum atomic E-state index is -0.495. The van der Waals surface area contributed by atoms with E-state index in [4.69, 9.17) is 9.47 Å². The van der Waals surface area contributed by atoms with Crippen molar-refractivity contribution in [3.8, 4) is 11.5 Å². The van der Waals surface area contributed by atoms with Crippen LogP contribution in [0, 0.1) is 0 Å². The molecule has 0 radical (unpaired) electrons. The third kappa shape index (κ3) is 4.03. The second kappa shape index (κ2) is 7.76. The summed E-state index contributed by atoms with van der Waals surface area (Å²) in [6.07, 6.45) is 0.368. The number of ether oxygens (including phenoxy) is 2. The van der Waals surface area contributed by atoms with Crippen LogP contribution >= 0.6 is 0 Å². The van der Waals surface area contributed by atoms with Crippen LogP contribution in [0.2, 0.25) is 0 Å². The zero-order valence-electron chi connectivity index (χ0n) is 15.1. The molecule has 144 valence electrons. The van der Waals surface area contributed by atoms with E-state index in [9.17, 15) is 15.3 Å². The first-order valence-corrected chi connectivity index (χ1v) is 9.38. The first-order chi connectivity index (χ1) is 13.1. The fourth-order valence-corrected chi connectivity index (χ4v) is 3.79. The second-order valence-electron chi connectivity index (χ2n) is 7.23. The molecule has 2 aromatic carbocycles. The molecule has 4 rings (SSSR count). The van der Waals surface area contributed by atoms with Crippen LogP contribution < -0.4 is 10.1 Å². The standard InChI is InChI=1S/C21H25NO5/c23-12-17-10-16(24)11-21(27-17)14-2-3-19(25)15(9-14)7-13-1-4-20-18(8-13)22-5-6-26-20/h1-4,8-9,16-17,21-25H,5-7,10-12H2. The Kier molecular flexibility index (Phi) is 5.20. The molecule has 0 bridgehead atoms. The van der Waals surface area contributed by atoms with Crippen molar-refractivity contribution in [1.29, 1.82) is 0 Å². The van der Waals surface area contributed by atoms with E-state index in [1.807, 2.05) is 30.3 Å². The number of hydrogen-bond donors (Lipinski definition) is 4. The minimum absolute atomic E-state index is 0.108. The fourth-order valence-electron chi connectivity index (χ4n) is 3.79. The summed E-state index contributed by atoms with van der Waals surface area (Å²) in [7, 11) is 0. The Morgan fingerprint density at radius 1 is 1.11 bits per heavy atom. The zero-order valence-corrected chi connectivity index (χ0v) is 15.1. The van der Waals surface area contributed by atoms with Crippen molar-refractivity contribution < 1.29 is 24.8 Å². The van der Waals surface area contributed by atoms with Gasteiger partial charge in [-0.1, -0.05) is 12.1 Å². The monoisotopic (exact) mass is 371 g/mol. The Morgan fingerprint density at radius 3 is 2.85 bits per heavy atom. The van der Waals surface area contributed by atoms with Crippen LogP contribution in [0.25, 0.3) is 0 Å². The van der Waals surface area contributed by atoms with Crippen LogP contribution in [-0.2, 0) is 11.2 Å². The van der Waals surface area contributed by atoms with Crippen LogP contribution in [-0.4, -0.2) is 47.3 Å². The highest BCUT2D eigenvalue weighted by Crippen LogP contribution is 2.35. The average molecular weight is 371 g/mol. The summed E-state index contributed by atoms with van der Waals surface area (Å²) in [5, 5.41) is 33.1. The van der Waals surface area contributed by atoms with Crippen LogP contribution in [0.1, 0.15) is 35.6 Å². The fraction of sp³-hybridized carbons (Fsp3) is 0.429. The molecule has 6 nitrogen and oxygen atoms in total. The van der Waals surface area contributed by atoms with Crippen molar-refractivity contribution in [3.63, 3.8) is 0 Å². The number of anilines is 1. The summed E-state index contributed by atoms with van der Waals surface area (Å²) in [4.78, 5) is 0. The highest BCUT2D eigenvalue weighted by atomic mass is 16.5. The molecule has 2 aliphatic heterocycles. The van der Waals surface area contributed by atoms with Gasteiger partial charge in [-0.25, -0.2) is 0 Å². The van der Waals surface area contributed by atoms with Crippen LogP contribution in [0.15, 0.2) is 36.4 Å². The smallest absolute Gasteiger partial charge is 0.142 e. The Morgan fingerprint density at radius 2 is 2.00 bits per heavy atom. The molecule has 3 atom stereocenters. The number of aromatic hydroxyl groups is 1. The van der Waals surface area contributed by atoms with Crippen LogP contribution in [0.3, 0.4) is 0 Å². The predicted octanol–water partition coefficient (Wildman–Crippen LogP) is 2.36. The third-order valence-corrected chi connectivity index (χ3v) is 5.17. The van der Waals surface area contributed by atoms with Crippen molar-refractivity contribution in [2.45, 2.75) is 37.6 Å². The number of fused-ring (bicyclic) bond motifs is 1. The summed E-state index contributed by atoms with van der Waals surface area (Å²) in [5.74, 6) is 1.08. The topological polar surface area (TPSA) is 91.2 Å². The Bertz CT molecular complexity index is 809. The van der Waals surface area contributed by atoms with Gasteiger partial charge in [0.1, 0.15) is 18.1 Å². The van der Waals surface area contributed by atoms with Crippen molar-refractivity contribution in [2.75, 3.05) is 25.1 Å². The van der Waals surface area contributed by atoms with Gasteiger partial charge in [0.25, 0.3) is 0 Å². The van der Waals surface area contributed by atoms with Crippen molar-refractivity contribution in [3.05, 3.63) is 53.1 Å². The quantitative estimate of drug-likeness (QED) is 0.660.